The second kappa shape index (κ2) is 12.7. The third kappa shape index (κ3) is 9.29. The third-order valence-electron chi connectivity index (χ3n) is 6.20. The molecule has 13 heteroatoms. The first-order chi connectivity index (χ1) is 17.4. The van der Waals surface area contributed by atoms with Crippen molar-refractivity contribution < 1.29 is 28.0 Å². The van der Waals surface area contributed by atoms with Gasteiger partial charge in [0.1, 0.15) is 21.3 Å². The molecule has 0 bridgehead atoms. The minimum atomic E-state index is -2.90. The van der Waals surface area contributed by atoms with Crippen LogP contribution in [0, 0.1) is 10.7 Å². The number of ether oxygens (including phenoxy) is 3. The van der Waals surface area contributed by atoms with Crippen LogP contribution in [0.4, 0.5) is 10.6 Å². The summed E-state index contributed by atoms with van der Waals surface area (Å²) >= 11 is 0. The Morgan fingerprint density at radius 1 is 1.08 bits per heavy atom. The lowest BCUT2D eigenvalue weighted by molar-refractivity contribution is -0.140. The van der Waals surface area contributed by atoms with Gasteiger partial charge in [0.05, 0.1) is 25.6 Å². The van der Waals surface area contributed by atoms with E-state index in [1.54, 1.807) is 21.6 Å². The van der Waals surface area contributed by atoms with Crippen molar-refractivity contribution in [3.05, 3.63) is 12.4 Å². The summed E-state index contributed by atoms with van der Waals surface area (Å²) in [7, 11) is -2.90. The predicted molar refractivity (Wildman–Crippen MR) is 139 cm³/mol. The van der Waals surface area contributed by atoms with Gasteiger partial charge in [-0.2, -0.15) is 0 Å². The molecule has 1 aromatic heterocycles. The van der Waals surface area contributed by atoms with E-state index >= 15 is 0 Å². The smallest absolute Gasteiger partial charge is 0.410 e. The van der Waals surface area contributed by atoms with Crippen LogP contribution in [0.2, 0.25) is 0 Å². The van der Waals surface area contributed by atoms with E-state index in [2.05, 4.69) is 9.97 Å². The van der Waals surface area contributed by atoms with Crippen LogP contribution in [-0.2, 0) is 24.2 Å². The van der Waals surface area contributed by atoms with Crippen LogP contribution in [0.25, 0.3) is 0 Å². The third-order valence-corrected chi connectivity index (χ3v) is 8.24. The lowest BCUT2D eigenvalue weighted by Gasteiger charge is -2.35. The van der Waals surface area contributed by atoms with E-state index in [0.717, 1.165) is 12.8 Å². The molecule has 12 nitrogen and oxygen atoms in total. The topological polar surface area (TPSA) is 138 Å². The Morgan fingerprint density at radius 2 is 1.76 bits per heavy atom. The monoisotopic (exact) mass is 540 g/mol. The Morgan fingerprint density at radius 3 is 2.32 bits per heavy atom. The highest BCUT2D eigenvalue weighted by Crippen LogP contribution is 2.22. The summed E-state index contributed by atoms with van der Waals surface area (Å²) in [5.74, 6) is 1.31. The molecule has 0 saturated carbocycles. The highest BCUT2D eigenvalue weighted by Gasteiger charge is 2.28. The molecular weight excluding hydrogens is 500 g/mol. The van der Waals surface area contributed by atoms with Crippen LogP contribution in [0.1, 0.15) is 47.0 Å². The van der Waals surface area contributed by atoms with Crippen LogP contribution >= 0.6 is 0 Å². The molecule has 1 atom stereocenters. The zero-order valence-corrected chi connectivity index (χ0v) is 23.1. The summed E-state index contributed by atoms with van der Waals surface area (Å²) in [5.41, 5.74) is -0.494. The van der Waals surface area contributed by atoms with Gasteiger partial charge in [0, 0.05) is 51.9 Å². The molecule has 3 heterocycles. The van der Waals surface area contributed by atoms with Gasteiger partial charge in [-0.25, -0.2) is 28.1 Å². The zero-order chi connectivity index (χ0) is 27.1. The number of piperidine rings is 1. The molecule has 0 spiro atoms. The number of aromatic nitrogens is 2. The summed E-state index contributed by atoms with van der Waals surface area (Å²) < 4.78 is 38.8. The fourth-order valence-electron chi connectivity index (χ4n) is 4.17. The number of likely N-dealkylation sites (tertiary alicyclic amines) is 1. The van der Waals surface area contributed by atoms with Crippen molar-refractivity contribution >= 4 is 27.8 Å². The number of nitrogens with zero attached hydrogens (tertiary/aromatic N) is 5. The molecule has 2 aliphatic heterocycles. The first-order valence-electron chi connectivity index (χ1n) is 12.8. The zero-order valence-electron chi connectivity index (χ0n) is 22.3. The van der Waals surface area contributed by atoms with Crippen molar-refractivity contribution in [2.45, 2.75) is 52.6 Å². The van der Waals surface area contributed by atoms with Gasteiger partial charge in [0.25, 0.3) is 0 Å². The SMILES string of the molecule is CC(=O)OCCCS(=N)(=O)N1CCN(c2cnc(OCC3CCN(C(=O)OC(C)(C)C)CC3)cn2)CC1. The normalized spacial score (nSPS) is 19.2. The molecule has 1 aromatic rings. The quantitative estimate of drug-likeness (QED) is 0.370. The van der Waals surface area contributed by atoms with Gasteiger partial charge >= 0.3 is 12.1 Å². The van der Waals surface area contributed by atoms with Crippen molar-refractivity contribution in [2.24, 2.45) is 5.92 Å². The van der Waals surface area contributed by atoms with Crippen molar-refractivity contribution in [3.8, 4) is 5.88 Å². The average molecular weight is 541 g/mol. The largest absolute Gasteiger partial charge is 0.476 e. The highest BCUT2D eigenvalue weighted by atomic mass is 32.2. The van der Waals surface area contributed by atoms with Gasteiger partial charge in [-0.1, -0.05) is 0 Å². The molecule has 1 amide bonds. The number of rotatable bonds is 9. The van der Waals surface area contributed by atoms with Crippen LogP contribution in [0.3, 0.4) is 0 Å². The number of anilines is 1. The lowest BCUT2D eigenvalue weighted by Crippen LogP contribution is -2.49. The summed E-state index contributed by atoms with van der Waals surface area (Å²) in [6.07, 6.45) is 5.11. The predicted octanol–water partition coefficient (Wildman–Crippen LogP) is 2.54. The lowest BCUT2D eigenvalue weighted by atomic mass is 9.98. The van der Waals surface area contributed by atoms with Crippen molar-refractivity contribution in [3.63, 3.8) is 0 Å². The number of piperazine rings is 1. The number of nitrogens with one attached hydrogen (secondary N) is 1. The second-order valence-electron chi connectivity index (χ2n) is 10.4. The molecule has 3 rings (SSSR count). The first kappa shape index (κ1) is 28.9. The van der Waals surface area contributed by atoms with E-state index in [4.69, 9.17) is 19.0 Å². The summed E-state index contributed by atoms with van der Waals surface area (Å²) in [5, 5.41) is 0. The second-order valence-corrected chi connectivity index (χ2v) is 12.6. The van der Waals surface area contributed by atoms with Crippen molar-refractivity contribution in [2.75, 3.05) is 63.1 Å². The number of carbonyl (C=O) groups is 2. The molecule has 1 N–H and O–H groups in total. The van der Waals surface area contributed by atoms with Gasteiger partial charge in [0.2, 0.25) is 5.88 Å². The Labute approximate surface area is 219 Å². The molecule has 0 radical (unpaired) electrons. The van der Waals surface area contributed by atoms with Gasteiger partial charge < -0.3 is 24.0 Å². The van der Waals surface area contributed by atoms with E-state index in [1.165, 1.54) is 6.92 Å². The maximum atomic E-state index is 12.7. The Balaban J connectivity index is 1.38. The van der Waals surface area contributed by atoms with E-state index in [1.807, 2.05) is 25.7 Å². The number of esters is 1. The first-order valence-corrected chi connectivity index (χ1v) is 14.4. The van der Waals surface area contributed by atoms with E-state index in [0.29, 0.717) is 69.9 Å². The number of hydrogen-bond acceptors (Lipinski definition) is 10. The summed E-state index contributed by atoms with van der Waals surface area (Å²) in [4.78, 5) is 35.7. The van der Waals surface area contributed by atoms with Gasteiger partial charge in [-0.15, -0.1) is 0 Å². The summed E-state index contributed by atoms with van der Waals surface area (Å²) in [6, 6.07) is 0. The van der Waals surface area contributed by atoms with Crippen molar-refractivity contribution in [1.29, 1.82) is 4.78 Å². The standard InChI is InChI=1S/C24H40N6O6S/c1-19(31)34-14-5-15-37(25,33)30-12-10-28(11-13-30)21-16-27-22(17-26-21)35-18-20-6-8-29(9-7-20)23(32)36-24(2,3)4/h16-17,20,25H,5-15,18H2,1-4H3. The molecular formula is C24H40N6O6S. The van der Waals surface area contributed by atoms with Crippen LogP contribution < -0.4 is 9.64 Å². The average Bonchev–Trinajstić information content (AvgIpc) is 2.85. The highest BCUT2D eigenvalue weighted by molar-refractivity contribution is 7.90. The molecule has 37 heavy (non-hydrogen) atoms. The molecule has 0 aromatic carbocycles. The van der Waals surface area contributed by atoms with Gasteiger partial charge in [-0.3, -0.25) is 4.79 Å². The molecule has 208 valence electrons. The number of hydrogen-bond donors (Lipinski definition) is 1. The molecule has 2 aliphatic rings. The number of carbonyl (C=O) groups excluding carboxylic acids is 2. The Bertz CT molecular complexity index is 998. The van der Waals surface area contributed by atoms with Crippen LogP contribution in [0.5, 0.6) is 5.88 Å². The Hall–Kier alpha value is -2.67. The van der Waals surface area contributed by atoms with Gasteiger partial charge in [0.15, 0.2) is 0 Å². The summed E-state index contributed by atoms with van der Waals surface area (Å²) in [6.45, 7) is 11.1. The number of amides is 1. The molecule has 0 aliphatic carbocycles. The van der Waals surface area contributed by atoms with Crippen LogP contribution in [0.15, 0.2) is 12.4 Å². The fraction of sp³-hybridized carbons (Fsp3) is 0.750. The van der Waals surface area contributed by atoms with Gasteiger partial charge in [-0.05, 0) is 46.0 Å². The Kier molecular flexibility index (Phi) is 9.93. The molecule has 2 saturated heterocycles. The van der Waals surface area contributed by atoms with E-state index in [-0.39, 0.29) is 24.4 Å². The van der Waals surface area contributed by atoms with Crippen LogP contribution in [-0.4, -0.2) is 99.3 Å². The maximum absolute atomic E-state index is 12.7. The maximum Gasteiger partial charge on any atom is 0.410 e. The van der Waals surface area contributed by atoms with E-state index in [9.17, 15) is 13.8 Å². The van der Waals surface area contributed by atoms with E-state index < -0.39 is 15.5 Å². The van der Waals surface area contributed by atoms with Crippen molar-refractivity contribution in [1.82, 2.24) is 19.2 Å². The fourth-order valence-corrected chi connectivity index (χ4v) is 5.69. The minimum absolute atomic E-state index is 0.173. The molecule has 2 fully saturated rings. The molecule has 1 unspecified atom stereocenters. The minimum Gasteiger partial charge on any atom is -0.476 e.